The largest absolute Gasteiger partial charge is 0.324 e. The molecular weight excluding hydrogens is 358 g/mol. The fraction of sp³-hybridized carbons (Fsp3) is 0.267. The predicted molar refractivity (Wildman–Crippen MR) is 87.8 cm³/mol. The van der Waals surface area contributed by atoms with E-state index in [1.165, 1.54) is 10.4 Å². The van der Waals surface area contributed by atoms with Crippen LogP contribution in [0.25, 0.3) is 0 Å². The van der Waals surface area contributed by atoms with E-state index in [1.807, 2.05) is 12.1 Å². The Hall–Kier alpha value is -0.840. The van der Waals surface area contributed by atoms with Crippen LogP contribution in [0.5, 0.6) is 0 Å². The Morgan fingerprint density at radius 3 is 3.10 bits per heavy atom. The summed E-state index contributed by atoms with van der Waals surface area (Å²) in [6, 6.07) is 7.56. The molecule has 0 bridgehead atoms. The van der Waals surface area contributed by atoms with Crippen molar-refractivity contribution in [1.82, 2.24) is 0 Å². The van der Waals surface area contributed by atoms with Crippen molar-refractivity contribution in [2.75, 3.05) is 5.32 Å². The van der Waals surface area contributed by atoms with E-state index in [-0.39, 0.29) is 11.8 Å². The molecular formula is C15H13BrClNOS. The quantitative estimate of drug-likeness (QED) is 0.771. The molecule has 1 aliphatic rings. The molecule has 2 aromatic rings. The SMILES string of the molecule is O=C(Nc1cccc(Cl)c1Br)C1CCCc2sccc21. The van der Waals surface area contributed by atoms with Gasteiger partial charge in [0.2, 0.25) is 5.91 Å². The highest BCUT2D eigenvalue weighted by atomic mass is 79.9. The second-order valence-electron chi connectivity index (χ2n) is 4.83. The Morgan fingerprint density at radius 2 is 2.25 bits per heavy atom. The number of halogens is 2. The van der Waals surface area contributed by atoms with Crippen molar-refractivity contribution in [2.45, 2.75) is 25.2 Å². The van der Waals surface area contributed by atoms with Gasteiger partial charge in [-0.3, -0.25) is 4.79 Å². The Balaban J connectivity index is 1.83. The topological polar surface area (TPSA) is 29.1 Å². The smallest absolute Gasteiger partial charge is 0.231 e. The summed E-state index contributed by atoms with van der Waals surface area (Å²) in [5.74, 6) is 0.00296. The normalized spacial score (nSPS) is 17.6. The van der Waals surface area contributed by atoms with Gasteiger partial charge in [-0.1, -0.05) is 17.7 Å². The van der Waals surface area contributed by atoms with E-state index < -0.39 is 0 Å². The van der Waals surface area contributed by atoms with Gasteiger partial charge in [0.25, 0.3) is 0 Å². The van der Waals surface area contributed by atoms with Gasteiger partial charge in [0.05, 0.1) is 21.1 Å². The lowest BCUT2D eigenvalue weighted by atomic mass is 9.87. The molecule has 3 rings (SSSR count). The maximum Gasteiger partial charge on any atom is 0.231 e. The van der Waals surface area contributed by atoms with Crippen molar-refractivity contribution in [3.63, 3.8) is 0 Å². The van der Waals surface area contributed by atoms with Gasteiger partial charge in [-0.05, 0) is 64.3 Å². The summed E-state index contributed by atoms with van der Waals surface area (Å²) in [5.41, 5.74) is 1.92. The highest BCUT2D eigenvalue weighted by molar-refractivity contribution is 9.10. The van der Waals surface area contributed by atoms with Gasteiger partial charge in [0.1, 0.15) is 0 Å². The van der Waals surface area contributed by atoms with Crippen LogP contribution in [0.4, 0.5) is 5.69 Å². The number of aryl methyl sites for hydroxylation is 1. The lowest BCUT2D eigenvalue weighted by molar-refractivity contribution is -0.117. The molecule has 104 valence electrons. The van der Waals surface area contributed by atoms with Crippen molar-refractivity contribution in [1.29, 1.82) is 0 Å². The first-order chi connectivity index (χ1) is 9.66. The van der Waals surface area contributed by atoms with Crippen molar-refractivity contribution in [3.8, 4) is 0 Å². The number of carbonyl (C=O) groups excluding carboxylic acids is 1. The molecule has 1 aromatic carbocycles. The average molecular weight is 371 g/mol. The Labute approximate surface area is 135 Å². The van der Waals surface area contributed by atoms with E-state index in [4.69, 9.17) is 11.6 Å². The molecule has 0 fully saturated rings. The highest BCUT2D eigenvalue weighted by Gasteiger charge is 2.27. The van der Waals surface area contributed by atoms with E-state index >= 15 is 0 Å². The first-order valence-electron chi connectivity index (χ1n) is 6.48. The Morgan fingerprint density at radius 1 is 1.40 bits per heavy atom. The summed E-state index contributed by atoms with van der Waals surface area (Å²) < 4.78 is 0.733. The number of anilines is 1. The molecule has 1 N–H and O–H groups in total. The van der Waals surface area contributed by atoms with Crippen LogP contribution in [-0.4, -0.2) is 5.91 Å². The maximum absolute atomic E-state index is 12.5. The third-order valence-corrected chi connectivity index (χ3v) is 5.97. The Bertz CT molecular complexity index is 655. The molecule has 1 aliphatic carbocycles. The van der Waals surface area contributed by atoms with E-state index in [2.05, 4.69) is 32.7 Å². The molecule has 0 saturated carbocycles. The van der Waals surface area contributed by atoms with Crippen LogP contribution in [0.3, 0.4) is 0 Å². The fourth-order valence-electron chi connectivity index (χ4n) is 2.58. The number of hydrogen-bond acceptors (Lipinski definition) is 2. The van der Waals surface area contributed by atoms with Crippen LogP contribution in [0.2, 0.25) is 5.02 Å². The van der Waals surface area contributed by atoms with Gasteiger partial charge < -0.3 is 5.32 Å². The molecule has 5 heteroatoms. The number of hydrogen-bond donors (Lipinski definition) is 1. The van der Waals surface area contributed by atoms with E-state index in [9.17, 15) is 4.79 Å². The lowest BCUT2D eigenvalue weighted by Crippen LogP contribution is -2.24. The molecule has 1 atom stereocenters. The van der Waals surface area contributed by atoms with Crippen LogP contribution in [0.1, 0.15) is 29.2 Å². The van der Waals surface area contributed by atoms with Crippen molar-refractivity contribution < 1.29 is 4.79 Å². The van der Waals surface area contributed by atoms with Gasteiger partial charge in [-0.15, -0.1) is 11.3 Å². The fourth-order valence-corrected chi connectivity index (χ4v) is 4.10. The molecule has 1 aromatic heterocycles. The molecule has 0 aliphatic heterocycles. The van der Waals surface area contributed by atoms with Crippen LogP contribution < -0.4 is 5.32 Å². The summed E-state index contributed by atoms with van der Waals surface area (Å²) in [5, 5.41) is 5.66. The zero-order valence-electron chi connectivity index (χ0n) is 10.7. The van der Waals surface area contributed by atoms with Gasteiger partial charge in [0, 0.05) is 4.88 Å². The number of amides is 1. The first kappa shape index (κ1) is 14.1. The summed E-state index contributed by atoms with van der Waals surface area (Å²) in [4.78, 5) is 13.9. The zero-order chi connectivity index (χ0) is 14.1. The van der Waals surface area contributed by atoms with E-state index in [0.29, 0.717) is 5.02 Å². The summed E-state index contributed by atoms with van der Waals surface area (Å²) in [6.07, 6.45) is 3.08. The molecule has 1 unspecified atom stereocenters. The molecule has 0 radical (unpaired) electrons. The van der Waals surface area contributed by atoms with Crippen LogP contribution >= 0.6 is 38.9 Å². The summed E-state index contributed by atoms with van der Waals surface area (Å²) >= 11 is 11.2. The molecule has 20 heavy (non-hydrogen) atoms. The van der Waals surface area contributed by atoms with Crippen molar-refractivity contribution in [2.24, 2.45) is 0 Å². The Kier molecular flexibility index (Phi) is 4.15. The number of nitrogens with one attached hydrogen (secondary N) is 1. The van der Waals surface area contributed by atoms with Gasteiger partial charge in [-0.25, -0.2) is 0 Å². The molecule has 1 amide bonds. The van der Waals surface area contributed by atoms with Crippen LogP contribution in [0, 0.1) is 0 Å². The lowest BCUT2D eigenvalue weighted by Gasteiger charge is -2.22. The van der Waals surface area contributed by atoms with Crippen molar-refractivity contribution >= 4 is 50.5 Å². The number of benzene rings is 1. The monoisotopic (exact) mass is 369 g/mol. The third-order valence-electron chi connectivity index (χ3n) is 3.58. The van der Waals surface area contributed by atoms with E-state index in [1.54, 1.807) is 17.4 Å². The molecule has 0 saturated heterocycles. The second-order valence-corrected chi connectivity index (χ2v) is 7.04. The van der Waals surface area contributed by atoms with Gasteiger partial charge in [0.15, 0.2) is 0 Å². The number of rotatable bonds is 2. The van der Waals surface area contributed by atoms with Crippen LogP contribution in [0.15, 0.2) is 34.1 Å². The van der Waals surface area contributed by atoms with Crippen LogP contribution in [-0.2, 0) is 11.2 Å². The summed E-state index contributed by atoms with van der Waals surface area (Å²) in [7, 11) is 0. The molecule has 1 heterocycles. The minimum absolute atomic E-state index is 0.0455. The number of fused-ring (bicyclic) bond motifs is 1. The maximum atomic E-state index is 12.5. The number of thiophene rings is 1. The highest BCUT2D eigenvalue weighted by Crippen LogP contribution is 2.37. The molecule has 0 spiro atoms. The molecule has 2 nitrogen and oxygen atoms in total. The second kappa shape index (κ2) is 5.88. The van der Waals surface area contributed by atoms with Gasteiger partial charge in [-0.2, -0.15) is 0 Å². The third kappa shape index (κ3) is 2.65. The number of carbonyl (C=O) groups is 1. The average Bonchev–Trinajstić information content (AvgIpc) is 2.92. The first-order valence-corrected chi connectivity index (χ1v) is 8.53. The van der Waals surface area contributed by atoms with Gasteiger partial charge >= 0.3 is 0 Å². The standard InChI is InChI=1S/C15H13BrClNOS/c16-14-11(17)4-2-5-12(14)18-15(19)10-3-1-6-13-9(10)7-8-20-13/h2,4-5,7-8,10H,1,3,6H2,(H,18,19). The summed E-state index contributed by atoms with van der Waals surface area (Å²) in [6.45, 7) is 0. The van der Waals surface area contributed by atoms with E-state index in [0.717, 1.165) is 29.4 Å². The minimum atomic E-state index is -0.0455. The zero-order valence-corrected chi connectivity index (χ0v) is 13.8. The van der Waals surface area contributed by atoms with Crippen molar-refractivity contribution in [3.05, 3.63) is 49.6 Å². The predicted octanol–water partition coefficient (Wildman–Crippen LogP) is 5.22. The minimum Gasteiger partial charge on any atom is -0.324 e.